The van der Waals surface area contributed by atoms with Gasteiger partial charge in [0.2, 0.25) is 0 Å². The molecule has 0 radical (unpaired) electrons. The van der Waals surface area contributed by atoms with Gasteiger partial charge in [-0.15, -0.1) is 0 Å². The van der Waals surface area contributed by atoms with E-state index in [1.165, 1.54) is 0 Å². The summed E-state index contributed by atoms with van der Waals surface area (Å²) >= 11 is 0. The number of rotatable bonds is 3. The number of benzene rings is 1. The number of nitrogens with one attached hydrogen (secondary N) is 1. The van der Waals surface area contributed by atoms with Gasteiger partial charge in [-0.2, -0.15) is 5.10 Å². The van der Waals surface area contributed by atoms with Crippen LogP contribution in [-0.2, 0) is 16.4 Å². The first-order valence-electron chi connectivity index (χ1n) is 8.59. The normalized spacial score (nSPS) is 19.3. The number of nitrogens with zero attached hydrogens (tertiary/aromatic N) is 4. The third-order valence-corrected chi connectivity index (χ3v) is 7.24. The molecule has 1 aromatic heterocycles. The Morgan fingerprint density at radius 2 is 2.04 bits per heavy atom. The van der Waals surface area contributed by atoms with E-state index >= 15 is 0 Å². The average Bonchev–Trinajstić information content (AvgIpc) is 3.13. The number of aromatic nitrogens is 2. The molecule has 0 aliphatic carbocycles. The molecule has 1 aliphatic heterocycles. The molecule has 0 atom stereocenters. The van der Waals surface area contributed by atoms with Crippen LogP contribution in [0.5, 0.6) is 0 Å². The number of sulfone groups is 1. The molecule has 0 spiro atoms. The Balaban J connectivity index is 1.63. The van der Waals surface area contributed by atoms with Gasteiger partial charge in [-0.05, 0) is 37.6 Å². The van der Waals surface area contributed by atoms with Crippen LogP contribution in [0, 0.1) is 0 Å². The second kappa shape index (κ2) is 7.11. The summed E-state index contributed by atoms with van der Waals surface area (Å²) in [5, 5.41) is 7.55. The van der Waals surface area contributed by atoms with Crippen LogP contribution < -0.4 is 5.32 Å². The van der Waals surface area contributed by atoms with Crippen LogP contribution in [-0.4, -0.2) is 59.7 Å². The molecule has 3 rings (SSSR count). The maximum Gasteiger partial charge on any atom is 0.193 e. The minimum absolute atomic E-state index is 0.152. The number of aliphatic imine (C=N–C) groups is 1. The maximum absolute atomic E-state index is 12.2. The smallest absolute Gasteiger partial charge is 0.193 e. The number of hydrogen-bond acceptors (Lipinski definition) is 4. The lowest BCUT2D eigenvalue weighted by atomic mass is 10.2. The number of guanidine groups is 1. The third kappa shape index (κ3) is 3.75. The fourth-order valence-corrected chi connectivity index (χ4v) is 4.39. The van der Waals surface area contributed by atoms with E-state index in [-0.39, 0.29) is 5.75 Å². The van der Waals surface area contributed by atoms with E-state index in [1.807, 2.05) is 46.1 Å². The summed E-state index contributed by atoms with van der Waals surface area (Å²) in [6.45, 7) is 5.07. The Labute approximate surface area is 154 Å². The van der Waals surface area contributed by atoms with Gasteiger partial charge in [0.15, 0.2) is 15.8 Å². The van der Waals surface area contributed by atoms with Crippen molar-refractivity contribution in [2.75, 3.05) is 25.9 Å². The summed E-state index contributed by atoms with van der Waals surface area (Å²) < 4.78 is 25.4. The predicted octanol–water partition coefficient (Wildman–Crippen LogP) is 1.46. The van der Waals surface area contributed by atoms with Crippen LogP contribution in [0.25, 0.3) is 5.69 Å². The first-order chi connectivity index (χ1) is 12.3. The lowest BCUT2D eigenvalue weighted by Gasteiger charge is -2.39. The van der Waals surface area contributed by atoms with Crippen LogP contribution in [0.3, 0.4) is 0 Å². The molecule has 1 aromatic carbocycles. The summed E-state index contributed by atoms with van der Waals surface area (Å²) in [5.41, 5.74) is 2.12. The lowest BCUT2D eigenvalue weighted by molar-refractivity contribution is 0.353. The molecule has 1 aliphatic rings. The van der Waals surface area contributed by atoms with Crippen molar-refractivity contribution in [3.8, 4) is 5.69 Å². The summed E-state index contributed by atoms with van der Waals surface area (Å²) in [5.74, 6) is 0.878. The maximum atomic E-state index is 12.2. The monoisotopic (exact) mass is 375 g/mol. The van der Waals surface area contributed by atoms with Crippen molar-refractivity contribution in [1.82, 2.24) is 20.0 Å². The van der Waals surface area contributed by atoms with E-state index in [0.29, 0.717) is 19.6 Å². The van der Waals surface area contributed by atoms with Gasteiger partial charge in [0, 0.05) is 39.1 Å². The quantitative estimate of drug-likeness (QED) is 0.649. The Hall–Kier alpha value is -2.35. The van der Waals surface area contributed by atoms with Crippen molar-refractivity contribution in [3.63, 3.8) is 0 Å². The fourth-order valence-electron chi connectivity index (χ4n) is 3.03. The Kier molecular flexibility index (Phi) is 5.04. The zero-order valence-corrected chi connectivity index (χ0v) is 16.2. The van der Waals surface area contributed by atoms with Crippen molar-refractivity contribution in [2.45, 2.75) is 25.1 Å². The first-order valence-corrected chi connectivity index (χ1v) is 10.2. The highest BCUT2D eigenvalue weighted by Gasteiger charge is 2.40. The average molecular weight is 375 g/mol. The molecule has 2 heterocycles. The van der Waals surface area contributed by atoms with E-state index in [9.17, 15) is 8.42 Å². The molecule has 0 unspecified atom stereocenters. The van der Waals surface area contributed by atoms with Crippen molar-refractivity contribution in [2.24, 2.45) is 4.99 Å². The van der Waals surface area contributed by atoms with Gasteiger partial charge in [0.05, 0.1) is 16.2 Å². The summed E-state index contributed by atoms with van der Waals surface area (Å²) in [7, 11) is -1.34. The van der Waals surface area contributed by atoms with Gasteiger partial charge in [-0.1, -0.05) is 12.1 Å². The van der Waals surface area contributed by atoms with Gasteiger partial charge < -0.3 is 10.2 Å². The molecule has 26 heavy (non-hydrogen) atoms. The van der Waals surface area contributed by atoms with Crippen molar-refractivity contribution < 1.29 is 8.42 Å². The molecular formula is C18H25N5O2S. The molecule has 2 aromatic rings. The van der Waals surface area contributed by atoms with Crippen molar-refractivity contribution in [3.05, 3.63) is 48.3 Å². The minimum Gasteiger partial charge on any atom is -0.352 e. The number of hydrogen-bond donors (Lipinski definition) is 1. The molecule has 8 heteroatoms. The SMILES string of the molecule is CN=C(NCc1ccc(-n2cccn2)cc1)N1CCS(=O)(=O)C(C)(C)C1. The van der Waals surface area contributed by atoms with E-state index in [2.05, 4.69) is 15.4 Å². The second-order valence-electron chi connectivity index (χ2n) is 7.02. The van der Waals surface area contributed by atoms with E-state index in [0.717, 1.165) is 17.2 Å². The van der Waals surface area contributed by atoms with Gasteiger partial charge in [-0.3, -0.25) is 4.99 Å². The standard InChI is InChI=1S/C18H25N5O2S/c1-18(2)14-22(11-12-26(18,24)25)17(19-3)20-13-15-5-7-16(8-6-15)23-10-4-9-21-23/h4-10H,11-14H2,1-3H3,(H,19,20). The largest absolute Gasteiger partial charge is 0.352 e. The zero-order chi connectivity index (χ0) is 18.8. The van der Waals surface area contributed by atoms with Gasteiger partial charge >= 0.3 is 0 Å². The van der Waals surface area contributed by atoms with E-state index in [1.54, 1.807) is 27.1 Å². The van der Waals surface area contributed by atoms with Crippen LogP contribution in [0.1, 0.15) is 19.4 Å². The summed E-state index contributed by atoms with van der Waals surface area (Å²) in [6, 6.07) is 10.0. The highest BCUT2D eigenvalue weighted by molar-refractivity contribution is 7.92. The van der Waals surface area contributed by atoms with Crippen LogP contribution in [0.15, 0.2) is 47.7 Å². The molecule has 7 nitrogen and oxygen atoms in total. The highest BCUT2D eigenvalue weighted by Crippen LogP contribution is 2.23. The summed E-state index contributed by atoms with van der Waals surface area (Å²) in [6.07, 6.45) is 3.65. The topological polar surface area (TPSA) is 79.6 Å². The molecule has 0 bridgehead atoms. The molecule has 0 saturated carbocycles. The van der Waals surface area contributed by atoms with Crippen molar-refractivity contribution >= 4 is 15.8 Å². The van der Waals surface area contributed by atoms with E-state index in [4.69, 9.17) is 0 Å². The minimum atomic E-state index is -3.06. The predicted molar refractivity (Wildman–Crippen MR) is 103 cm³/mol. The third-order valence-electron chi connectivity index (χ3n) is 4.71. The van der Waals surface area contributed by atoms with E-state index < -0.39 is 14.6 Å². The fraction of sp³-hybridized carbons (Fsp3) is 0.444. The van der Waals surface area contributed by atoms with Crippen molar-refractivity contribution in [1.29, 1.82) is 0 Å². The molecule has 1 N–H and O–H groups in total. The first kappa shape index (κ1) is 18.4. The second-order valence-corrected chi connectivity index (χ2v) is 9.76. The summed E-state index contributed by atoms with van der Waals surface area (Å²) in [4.78, 5) is 6.33. The molecule has 1 saturated heterocycles. The van der Waals surface area contributed by atoms with Crippen LogP contribution in [0.4, 0.5) is 0 Å². The van der Waals surface area contributed by atoms with Gasteiger partial charge in [-0.25, -0.2) is 13.1 Å². The van der Waals surface area contributed by atoms with Gasteiger partial charge in [0.25, 0.3) is 0 Å². The van der Waals surface area contributed by atoms with Crippen LogP contribution >= 0.6 is 0 Å². The van der Waals surface area contributed by atoms with Gasteiger partial charge in [0.1, 0.15) is 0 Å². The lowest BCUT2D eigenvalue weighted by Crippen LogP contribution is -2.57. The Morgan fingerprint density at radius 3 is 2.62 bits per heavy atom. The highest BCUT2D eigenvalue weighted by atomic mass is 32.2. The Morgan fingerprint density at radius 1 is 1.31 bits per heavy atom. The van der Waals surface area contributed by atoms with Crippen LogP contribution in [0.2, 0.25) is 0 Å². The zero-order valence-electron chi connectivity index (χ0n) is 15.4. The Bertz CT molecular complexity index is 871. The molecule has 0 amide bonds. The molecular weight excluding hydrogens is 350 g/mol. The molecule has 140 valence electrons. The molecule has 1 fully saturated rings.